The lowest BCUT2D eigenvalue weighted by Crippen LogP contribution is -2.26. The highest BCUT2D eigenvalue weighted by atomic mass is 32.2. The molecule has 0 saturated heterocycles. The molecular weight excluding hydrogens is 380 g/mol. The molecular formula is C21H40O6S. The van der Waals surface area contributed by atoms with E-state index in [-0.39, 0.29) is 6.42 Å². The third kappa shape index (κ3) is 21.4. The quantitative estimate of drug-likeness (QED) is 0.134. The van der Waals surface area contributed by atoms with Gasteiger partial charge in [0, 0.05) is 6.42 Å². The fourth-order valence-corrected chi connectivity index (χ4v) is 3.48. The van der Waals surface area contributed by atoms with E-state index < -0.39 is 34.6 Å². The summed E-state index contributed by atoms with van der Waals surface area (Å²) in [6.07, 6.45) is 18.8. The van der Waals surface area contributed by atoms with Gasteiger partial charge in [0.2, 0.25) is 0 Å². The summed E-state index contributed by atoms with van der Waals surface area (Å²) in [5, 5.41) is 9.32. The zero-order chi connectivity index (χ0) is 21.1. The van der Waals surface area contributed by atoms with Crippen molar-refractivity contribution in [2.75, 3.05) is 12.4 Å². The van der Waals surface area contributed by atoms with E-state index in [4.69, 9.17) is 9.29 Å². The van der Waals surface area contributed by atoms with Crippen LogP contribution < -0.4 is 0 Å². The summed E-state index contributed by atoms with van der Waals surface area (Å²) < 4.78 is 34.5. The molecule has 1 atom stereocenters. The number of esters is 1. The van der Waals surface area contributed by atoms with Gasteiger partial charge in [0.05, 0.1) is 0 Å². The third-order valence-corrected chi connectivity index (χ3v) is 5.29. The van der Waals surface area contributed by atoms with Crippen LogP contribution in [0.15, 0.2) is 12.2 Å². The van der Waals surface area contributed by atoms with Crippen LogP contribution >= 0.6 is 0 Å². The molecule has 1 unspecified atom stereocenters. The lowest BCUT2D eigenvalue weighted by atomic mass is 10.1. The number of ether oxygens (including phenoxy) is 1. The number of unbranched alkanes of at least 4 members (excludes halogenated alkanes) is 11. The van der Waals surface area contributed by atoms with Crippen molar-refractivity contribution in [3.63, 3.8) is 0 Å². The minimum absolute atomic E-state index is 0.261. The van der Waals surface area contributed by atoms with Crippen molar-refractivity contribution < 1.29 is 27.6 Å². The van der Waals surface area contributed by atoms with Gasteiger partial charge in [-0.25, -0.2) is 0 Å². The number of aliphatic hydroxyl groups excluding tert-OH is 1. The maximum atomic E-state index is 11.5. The summed E-state index contributed by atoms with van der Waals surface area (Å²) >= 11 is 0. The molecule has 0 spiro atoms. The van der Waals surface area contributed by atoms with E-state index >= 15 is 0 Å². The number of hydrogen-bond acceptors (Lipinski definition) is 5. The van der Waals surface area contributed by atoms with Gasteiger partial charge in [-0.1, -0.05) is 70.4 Å². The van der Waals surface area contributed by atoms with E-state index in [1.165, 1.54) is 51.4 Å². The molecule has 0 rings (SSSR count). The van der Waals surface area contributed by atoms with Gasteiger partial charge in [0.25, 0.3) is 10.1 Å². The van der Waals surface area contributed by atoms with Crippen LogP contribution in [0.2, 0.25) is 0 Å². The van der Waals surface area contributed by atoms with E-state index in [1.54, 1.807) is 0 Å². The smallest absolute Gasteiger partial charge is 0.305 e. The third-order valence-electron chi connectivity index (χ3n) is 4.48. The van der Waals surface area contributed by atoms with Gasteiger partial charge in [-0.05, 0) is 32.1 Å². The minimum Gasteiger partial charge on any atom is -0.463 e. The summed E-state index contributed by atoms with van der Waals surface area (Å²) in [5.74, 6) is -1.28. The Morgan fingerprint density at radius 3 is 1.93 bits per heavy atom. The molecule has 0 fully saturated rings. The molecule has 2 N–H and O–H groups in total. The number of carbonyl (C=O) groups is 1. The Morgan fingerprint density at radius 2 is 1.39 bits per heavy atom. The van der Waals surface area contributed by atoms with Gasteiger partial charge in [-0.15, -0.1) is 0 Å². The lowest BCUT2D eigenvalue weighted by molar-refractivity contribution is -0.146. The van der Waals surface area contributed by atoms with Crippen LogP contribution in [0, 0.1) is 0 Å². The van der Waals surface area contributed by atoms with E-state index in [2.05, 4.69) is 19.1 Å². The Labute approximate surface area is 171 Å². The van der Waals surface area contributed by atoms with Gasteiger partial charge < -0.3 is 9.84 Å². The molecule has 7 heteroatoms. The topological polar surface area (TPSA) is 101 Å². The molecule has 166 valence electrons. The van der Waals surface area contributed by atoms with E-state index in [9.17, 15) is 18.3 Å². The summed E-state index contributed by atoms with van der Waals surface area (Å²) in [4.78, 5) is 11.5. The van der Waals surface area contributed by atoms with E-state index in [0.29, 0.717) is 0 Å². The second kappa shape index (κ2) is 18.1. The highest BCUT2D eigenvalue weighted by Gasteiger charge is 2.15. The van der Waals surface area contributed by atoms with Crippen molar-refractivity contribution in [1.29, 1.82) is 0 Å². The Kier molecular flexibility index (Phi) is 17.5. The van der Waals surface area contributed by atoms with Gasteiger partial charge in [-0.3, -0.25) is 9.35 Å². The standard InChI is InChI=1S/C21H40O6S/c1-2-3-4-5-6-7-8-9-10-11-12-13-14-15-16-17-21(23)27-18-20(22)19-28(24,25)26/h9-10,20,22H,2-8,11-19H2,1H3,(H,24,25,26). The largest absolute Gasteiger partial charge is 0.463 e. The van der Waals surface area contributed by atoms with E-state index in [1.807, 2.05) is 0 Å². The second-order valence-corrected chi connectivity index (χ2v) is 8.92. The van der Waals surface area contributed by atoms with Crippen molar-refractivity contribution in [1.82, 2.24) is 0 Å². The maximum absolute atomic E-state index is 11.5. The van der Waals surface area contributed by atoms with Gasteiger partial charge >= 0.3 is 5.97 Å². The zero-order valence-corrected chi connectivity index (χ0v) is 18.3. The van der Waals surface area contributed by atoms with Crippen molar-refractivity contribution in [2.24, 2.45) is 0 Å². The van der Waals surface area contributed by atoms with Crippen molar-refractivity contribution in [2.45, 2.75) is 103 Å². The second-order valence-electron chi connectivity index (χ2n) is 7.42. The first-order chi connectivity index (χ1) is 13.3. The number of allylic oxidation sites excluding steroid dienone is 2. The average molecular weight is 421 g/mol. The first-order valence-corrected chi connectivity index (χ1v) is 12.4. The summed E-state index contributed by atoms with van der Waals surface area (Å²) in [5.41, 5.74) is 0. The van der Waals surface area contributed by atoms with Crippen LogP contribution in [0.25, 0.3) is 0 Å². The molecule has 0 aliphatic heterocycles. The monoisotopic (exact) mass is 420 g/mol. The predicted octanol–water partition coefficient (Wildman–Crippen LogP) is 4.82. The molecule has 0 radical (unpaired) electrons. The lowest BCUT2D eigenvalue weighted by Gasteiger charge is -2.09. The van der Waals surface area contributed by atoms with Crippen LogP contribution in [0.5, 0.6) is 0 Å². The molecule has 0 aromatic carbocycles. The molecule has 0 aliphatic carbocycles. The maximum Gasteiger partial charge on any atom is 0.305 e. The first-order valence-electron chi connectivity index (χ1n) is 10.8. The Morgan fingerprint density at radius 1 is 0.893 bits per heavy atom. The minimum atomic E-state index is -4.26. The molecule has 0 bridgehead atoms. The molecule has 0 amide bonds. The summed E-state index contributed by atoms with van der Waals surface area (Å²) in [6, 6.07) is 0. The Hall–Kier alpha value is -0.920. The number of carbonyl (C=O) groups excluding carboxylic acids is 1. The molecule has 0 heterocycles. The fraction of sp³-hybridized carbons (Fsp3) is 0.857. The molecule has 0 saturated carbocycles. The van der Waals surface area contributed by atoms with Crippen molar-refractivity contribution in [3.8, 4) is 0 Å². The average Bonchev–Trinajstić information content (AvgIpc) is 2.62. The molecule has 0 aromatic heterocycles. The van der Waals surface area contributed by atoms with Gasteiger partial charge in [0.15, 0.2) is 0 Å². The summed E-state index contributed by atoms with van der Waals surface area (Å²) in [6.45, 7) is 1.83. The number of aliphatic hydroxyl groups is 1. The fourth-order valence-electron chi connectivity index (χ4n) is 2.89. The molecule has 0 aliphatic rings. The molecule has 28 heavy (non-hydrogen) atoms. The molecule has 0 aromatic rings. The molecule has 6 nitrogen and oxygen atoms in total. The SMILES string of the molecule is CCCCCCCCC=CCCCCCCCC(=O)OCC(O)CS(=O)(=O)O. The zero-order valence-electron chi connectivity index (χ0n) is 17.5. The van der Waals surface area contributed by atoms with Crippen LogP contribution in [0.4, 0.5) is 0 Å². The Bertz CT molecular complexity index is 501. The van der Waals surface area contributed by atoms with Crippen LogP contribution in [-0.4, -0.2) is 42.5 Å². The highest BCUT2D eigenvalue weighted by molar-refractivity contribution is 7.85. The number of rotatable bonds is 19. The van der Waals surface area contributed by atoms with Crippen LogP contribution in [0.1, 0.15) is 96.8 Å². The van der Waals surface area contributed by atoms with Crippen molar-refractivity contribution in [3.05, 3.63) is 12.2 Å². The van der Waals surface area contributed by atoms with Crippen molar-refractivity contribution >= 4 is 16.1 Å². The van der Waals surface area contributed by atoms with Crippen LogP contribution in [0.3, 0.4) is 0 Å². The first kappa shape index (κ1) is 27.1. The van der Waals surface area contributed by atoms with Gasteiger partial charge in [0.1, 0.15) is 18.5 Å². The predicted molar refractivity (Wildman–Crippen MR) is 113 cm³/mol. The summed E-state index contributed by atoms with van der Waals surface area (Å²) in [7, 11) is -4.26. The normalized spacial score (nSPS) is 13.1. The van der Waals surface area contributed by atoms with Crippen LogP contribution in [-0.2, 0) is 19.6 Å². The highest BCUT2D eigenvalue weighted by Crippen LogP contribution is 2.10. The van der Waals surface area contributed by atoms with Gasteiger partial charge in [-0.2, -0.15) is 8.42 Å². The van der Waals surface area contributed by atoms with E-state index in [0.717, 1.165) is 32.1 Å². The number of hydrogen-bond donors (Lipinski definition) is 2. The Balaban J connectivity index is 3.38.